The SMILES string of the molecule is [C-]#[N+]C(=O)c1cccc(Br)c1. The minimum absolute atomic E-state index is 0.425. The third-order valence-electron chi connectivity index (χ3n) is 1.17. The summed E-state index contributed by atoms with van der Waals surface area (Å²) in [6.45, 7) is 6.48. The van der Waals surface area contributed by atoms with Crippen molar-refractivity contribution >= 4 is 21.8 Å². The molecule has 11 heavy (non-hydrogen) atoms. The smallest absolute Gasteiger partial charge is 0.311 e. The van der Waals surface area contributed by atoms with E-state index in [1.165, 1.54) is 0 Å². The normalized spacial score (nSPS) is 8.73. The second-order valence-electron chi connectivity index (χ2n) is 1.93. The number of hydrogen-bond donors (Lipinski definition) is 0. The zero-order valence-corrected chi connectivity index (χ0v) is 7.13. The van der Waals surface area contributed by atoms with Crippen molar-refractivity contribution in [1.29, 1.82) is 0 Å². The summed E-state index contributed by atoms with van der Waals surface area (Å²) in [5.74, 6) is -0.522. The van der Waals surface area contributed by atoms with Crippen LogP contribution in [0.3, 0.4) is 0 Å². The van der Waals surface area contributed by atoms with Gasteiger partial charge in [0.15, 0.2) is 0 Å². The van der Waals surface area contributed by atoms with Crippen LogP contribution in [0, 0.1) is 6.57 Å². The molecule has 0 atom stereocenters. The molecule has 0 unspecified atom stereocenters. The van der Waals surface area contributed by atoms with E-state index >= 15 is 0 Å². The van der Waals surface area contributed by atoms with Gasteiger partial charge in [0.1, 0.15) is 0 Å². The van der Waals surface area contributed by atoms with Gasteiger partial charge in [-0.2, -0.15) is 4.85 Å². The number of rotatable bonds is 1. The number of hydrogen-bond acceptors (Lipinski definition) is 1. The molecule has 0 radical (unpaired) electrons. The van der Waals surface area contributed by atoms with Crippen molar-refractivity contribution in [2.45, 2.75) is 0 Å². The van der Waals surface area contributed by atoms with Crippen molar-refractivity contribution in [2.75, 3.05) is 0 Å². The van der Waals surface area contributed by atoms with Crippen LogP contribution in [-0.2, 0) is 0 Å². The topological polar surface area (TPSA) is 21.4 Å². The highest BCUT2D eigenvalue weighted by atomic mass is 79.9. The summed E-state index contributed by atoms with van der Waals surface area (Å²) in [7, 11) is 0. The zero-order valence-electron chi connectivity index (χ0n) is 5.54. The number of carbonyl (C=O) groups excluding carboxylic acids is 1. The average molecular weight is 210 g/mol. The Morgan fingerprint density at radius 3 is 2.82 bits per heavy atom. The molecule has 3 heteroatoms. The Morgan fingerprint density at radius 2 is 2.27 bits per heavy atom. The van der Waals surface area contributed by atoms with E-state index in [0.717, 1.165) is 4.47 Å². The Balaban J connectivity index is 3.08. The maximum absolute atomic E-state index is 10.8. The van der Waals surface area contributed by atoms with E-state index in [1.54, 1.807) is 24.3 Å². The van der Waals surface area contributed by atoms with Gasteiger partial charge < -0.3 is 4.79 Å². The third-order valence-corrected chi connectivity index (χ3v) is 1.67. The van der Waals surface area contributed by atoms with Crippen molar-refractivity contribution < 1.29 is 4.79 Å². The molecule has 1 aromatic rings. The lowest BCUT2D eigenvalue weighted by molar-refractivity contribution is 0.104. The quantitative estimate of drug-likeness (QED) is 0.652. The first-order chi connectivity index (χ1) is 5.24. The second kappa shape index (κ2) is 3.31. The molecule has 0 aromatic heterocycles. The molecule has 0 aliphatic rings. The molecule has 0 heterocycles. The number of nitrogens with zero attached hydrogens (tertiary/aromatic N) is 1. The van der Waals surface area contributed by atoms with E-state index in [1.807, 2.05) is 0 Å². The van der Waals surface area contributed by atoms with Crippen molar-refractivity contribution in [3.05, 3.63) is 45.7 Å². The molecular formula is C8H4BrNO. The predicted molar refractivity (Wildman–Crippen MR) is 45.1 cm³/mol. The molecule has 1 rings (SSSR count). The highest BCUT2D eigenvalue weighted by molar-refractivity contribution is 9.10. The lowest BCUT2D eigenvalue weighted by Gasteiger charge is -1.92. The maximum Gasteiger partial charge on any atom is 0.385 e. The molecule has 0 aliphatic heterocycles. The summed E-state index contributed by atoms with van der Waals surface area (Å²) in [5, 5.41) is 0. The average Bonchev–Trinajstić information content (AvgIpc) is 2.03. The third kappa shape index (κ3) is 1.89. The molecule has 0 saturated carbocycles. The number of carbonyl (C=O) groups is 1. The van der Waals surface area contributed by atoms with E-state index in [4.69, 9.17) is 6.57 Å². The first kappa shape index (κ1) is 7.96. The Kier molecular flexibility index (Phi) is 2.40. The fourth-order valence-corrected chi connectivity index (χ4v) is 1.09. The summed E-state index contributed by atoms with van der Waals surface area (Å²) in [6, 6.07) is 6.77. The molecule has 2 nitrogen and oxygen atoms in total. The molecule has 1 amide bonds. The Labute approximate surface area is 72.8 Å². The van der Waals surface area contributed by atoms with E-state index in [9.17, 15) is 4.79 Å². The number of amides is 1. The van der Waals surface area contributed by atoms with Crippen LogP contribution in [0.25, 0.3) is 4.85 Å². The van der Waals surface area contributed by atoms with Gasteiger partial charge in [0.2, 0.25) is 0 Å². The van der Waals surface area contributed by atoms with Gasteiger partial charge in [-0.25, -0.2) is 0 Å². The van der Waals surface area contributed by atoms with Gasteiger partial charge in [-0.05, 0) is 12.1 Å². The largest absolute Gasteiger partial charge is 0.385 e. The molecule has 1 aromatic carbocycles. The molecule has 0 bridgehead atoms. The fourth-order valence-electron chi connectivity index (χ4n) is 0.686. The first-order valence-corrected chi connectivity index (χ1v) is 3.70. The summed E-state index contributed by atoms with van der Waals surface area (Å²) in [6.07, 6.45) is 0. The minimum Gasteiger partial charge on any atom is -0.311 e. The van der Waals surface area contributed by atoms with Gasteiger partial charge in [-0.15, -0.1) is 0 Å². The molecule has 0 fully saturated rings. The molecule has 0 aliphatic carbocycles. The van der Waals surface area contributed by atoms with Crippen LogP contribution in [-0.4, -0.2) is 5.91 Å². The van der Waals surface area contributed by atoms with Crippen molar-refractivity contribution in [2.24, 2.45) is 0 Å². The minimum atomic E-state index is -0.522. The van der Waals surface area contributed by atoms with E-state index in [0.29, 0.717) is 5.56 Å². The van der Waals surface area contributed by atoms with E-state index < -0.39 is 5.91 Å². The van der Waals surface area contributed by atoms with Crippen LogP contribution in [0.4, 0.5) is 0 Å². The lowest BCUT2D eigenvalue weighted by atomic mass is 10.2. The maximum atomic E-state index is 10.8. The summed E-state index contributed by atoms with van der Waals surface area (Å²) >= 11 is 3.20. The van der Waals surface area contributed by atoms with Gasteiger partial charge in [0, 0.05) is 10.0 Å². The first-order valence-electron chi connectivity index (χ1n) is 2.91. The van der Waals surface area contributed by atoms with Crippen molar-refractivity contribution in [3.63, 3.8) is 0 Å². The van der Waals surface area contributed by atoms with Crippen LogP contribution < -0.4 is 0 Å². The van der Waals surface area contributed by atoms with E-state index in [-0.39, 0.29) is 0 Å². The number of benzene rings is 1. The second-order valence-corrected chi connectivity index (χ2v) is 2.84. The highest BCUT2D eigenvalue weighted by Gasteiger charge is 2.02. The van der Waals surface area contributed by atoms with Crippen LogP contribution in [0.15, 0.2) is 28.7 Å². The van der Waals surface area contributed by atoms with Gasteiger partial charge in [-0.3, -0.25) is 0 Å². The van der Waals surface area contributed by atoms with Crippen molar-refractivity contribution in [3.8, 4) is 0 Å². The molecule has 0 saturated heterocycles. The number of halogens is 1. The van der Waals surface area contributed by atoms with E-state index in [2.05, 4.69) is 20.8 Å². The highest BCUT2D eigenvalue weighted by Crippen LogP contribution is 2.12. The Morgan fingerprint density at radius 1 is 1.55 bits per heavy atom. The van der Waals surface area contributed by atoms with Gasteiger partial charge >= 0.3 is 5.91 Å². The predicted octanol–water partition coefficient (Wildman–Crippen LogP) is 2.51. The summed E-state index contributed by atoms with van der Waals surface area (Å²) < 4.78 is 0.812. The van der Waals surface area contributed by atoms with Gasteiger partial charge in [0.05, 0.1) is 6.57 Å². The Bertz CT molecular complexity index is 327. The van der Waals surface area contributed by atoms with Gasteiger partial charge in [-0.1, -0.05) is 28.1 Å². The molecular weight excluding hydrogens is 206 g/mol. The fraction of sp³-hybridized carbons (Fsp3) is 0. The monoisotopic (exact) mass is 209 g/mol. The van der Waals surface area contributed by atoms with Crippen LogP contribution in [0.5, 0.6) is 0 Å². The lowest BCUT2D eigenvalue weighted by Crippen LogP contribution is -1.89. The van der Waals surface area contributed by atoms with Crippen LogP contribution in [0.1, 0.15) is 10.4 Å². The summed E-state index contributed by atoms with van der Waals surface area (Å²) in [5.41, 5.74) is 0.425. The Hall–Kier alpha value is -1.14. The molecule has 0 N–H and O–H groups in total. The zero-order chi connectivity index (χ0) is 8.27. The summed E-state index contributed by atoms with van der Waals surface area (Å²) in [4.78, 5) is 13.6. The van der Waals surface area contributed by atoms with Crippen LogP contribution in [0.2, 0.25) is 0 Å². The molecule has 0 spiro atoms. The van der Waals surface area contributed by atoms with Gasteiger partial charge in [0.25, 0.3) is 0 Å². The van der Waals surface area contributed by atoms with Crippen LogP contribution >= 0.6 is 15.9 Å². The molecule has 54 valence electrons. The standard InChI is InChI=1S/C8H4BrNO/c1-10-8(11)6-3-2-4-7(9)5-6/h2-5H. The van der Waals surface area contributed by atoms with Crippen molar-refractivity contribution in [1.82, 2.24) is 0 Å².